The number of esters is 2. The van der Waals surface area contributed by atoms with E-state index in [0.717, 1.165) is 24.0 Å². The van der Waals surface area contributed by atoms with Crippen LogP contribution in [0.5, 0.6) is 0 Å². The Hall–Kier alpha value is -3.06. The van der Waals surface area contributed by atoms with Crippen LogP contribution in [0, 0.1) is 28.6 Å². The Morgan fingerprint density at radius 3 is 2.54 bits per heavy atom. The first-order valence-corrected chi connectivity index (χ1v) is 14.1. The topological polar surface area (TPSA) is 107 Å². The molecule has 3 fully saturated rings. The molecule has 1 unspecified atom stereocenters. The second-order valence-corrected chi connectivity index (χ2v) is 12.2. The number of aliphatic hydroxyl groups is 1. The Balaban J connectivity index is 1.41. The third-order valence-corrected chi connectivity index (χ3v) is 10.2. The zero-order valence-electron chi connectivity index (χ0n) is 23.0. The van der Waals surface area contributed by atoms with Crippen LogP contribution in [0.3, 0.4) is 0 Å². The van der Waals surface area contributed by atoms with Crippen molar-refractivity contribution in [3.63, 3.8) is 0 Å². The minimum atomic E-state index is -1.47. The van der Waals surface area contributed by atoms with Gasteiger partial charge in [0.1, 0.15) is 0 Å². The number of Topliss-reactive ketones (excluding diaryl/α,β-unsaturated/α-hetero) is 1. The van der Waals surface area contributed by atoms with E-state index in [-0.39, 0.29) is 42.8 Å². The van der Waals surface area contributed by atoms with Crippen LogP contribution in [0.2, 0.25) is 0 Å². The van der Waals surface area contributed by atoms with Gasteiger partial charge in [-0.2, -0.15) is 0 Å². The number of aliphatic hydroxyl groups excluding tert-OH is 1. The monoisotopic (exact) mass is 534 g/mol. The number of hydrogen-bond acceptors (Lipinski definition) is 7. The lowest BCUT2D eigenvalue weighted by Gasteiger charge is -2.59. The molecule has 39 heavy (non-hydrogen) atoms. The zero-order chi connectivity index (χ0) is 28.0. The highest BCUT2D eigenvalue weighted by atomic mass is 16.6. The van der Waals surface area contributed by atoms with Crippen molar-refractivity contribution in [1.82, 2.24) is 0 Å². The van der Waals surface area contributed by atoms with Crippen LogP contribution in [0.1, 0.15) is 64.9 Å². The summed E-state index contributed by atoms with van der Waals surface area (Å²) >= 11 is 0. The van der Waals surface area contributed by atoms with Crippen LogP contribution in [0.25, 0.3) is 0 Å². The standard InChI is InChI=1S/C32H38O7/c1-4-27(36)39-32(26(35)19-38-28(37)16-20-8-6-5-7-9-20)15-13-24-23-11-10-21-17-22(33)12-14-30(21,2)29(23)25(34)18-31(24,32)3/h5-9,12,14,17,23-25,29,34H,4,10-11,13,15-16,18-19H2,1-3H3/t23-,24-,25?,29+,30-,31-,32-/m0/s1. The summed E-state index contributed by atoms with van der Waals surface area (Å²) in [6, 6.07) is 9.16. The fourth-order valence-electron chi connectivity index (χ4n) is 8.34. The van der Waals surface area contributed by atoms with E-state index in [2.05, 4.69) is 6.92 Å². The molecule has 7 nitrogen and oxygen atoms in total. The van der Waals surface area contributed by atoms with E-state index in [1.54, 1.807) is 19.1 Å². The molecule has 5 rings (SSSR count). The average molecular weight is 535 g/mol. The van der Waals surface area contributed by atoms with Gasteiger partial charge in [-0.05, 0) is 61.7 Å². The van der Waals surface area contributed by atoms with Crippen molar-refractivity contribution in [2.24, 2.45) is 28.6 Å². The first-order chi connectivity index (χ1) is 18.5. The molecule has 7 atom stereocenters. The number of ketones is 2. The second-order valence-electron chi connectivity index (χ2n) is 12.2. The molecule has 0 saturated heterocycles. The molecule has 3 saturated carbocycles. The van der Waals surface area contributed by atoms with E-state index in [4.69, 9.17) is 9.47 Å². The van der Waals surface area contributed by atoms with Crippen LogP contribution < -0.4 is 0 Å². The molecule has 208 valence electrons. The minimum absolute atomic E-state index is 0.0187. The van der Waals surface area contributed by atoms with Gasteiger partial charge in [0, 0.05) is 23.2 Å². The first kappa shape index (κ1) is 27.5. The van der Waals surface area contributed by atoms with E-state index in [1.165, 1.54) is 0 Å². The molecule has 0 bridgehead atoms. The van der Waals surface area contributed by atoms with E-state index in [0.29, 0.717) is 12.8 Å². The number of benzene rings is 1. The fourth-order valence-corrected chi connectivity index (χ4v) is 8.34. The van der Waals surface area contributed by atoms with Crippen molar-refractivity contribution in [2.75, 3.05) is 6.61 Å². The lowest BCUT2D eigenvalue weighted by atomic mass is 9.46. The third-order valence-electron chi connectivity index (χ3n) is 10.2. The van der Waals surface area contributed by atoms with Crippen molar-refractivity contribution in [3.05, 3.63) is 59.7 Å². The van der Waals surface area contributed by atoms with Crippen LogP contribution in [-0.4, -0.2) is 46.9 Å². The summed E-state index contributed by atoms with van der Waals surface area (Å²) in [5, 5.41) is 11.7. The van der Waals surface area contributed by atoms with Crippen LogP contribution in [-0.2, 0) is 35.1 Å². The van der Waals surface area contributed by atoms with Crippen molar-refractivity contribution in [3.8, 4) is 0 Å². The maximum Gasteiger partial charge on any atom is 0.310 e. The third kappa shape index (κ3) is 4.48. The lowest BCUT2D eigenvalue weighted by Crippen LogP contribution is -2.63. The summed E-state index contributed by atoms with van der Waals surface area (Å²) in [5.41, 5.74) is -0.873. The fraction of sp³-hybridized carbons (Fsp3) is 0.562. The van der Waals surface area contributed by atoms with E-state index in [1.807, 2.05) is 43.3 Å². The summed E-state index contributed by atoms with van der Waals surface area (Å²) in [6.45, 7) is 5.27. The molecular weight excluding hydrogens is 496 g/mol. The quantitative estimate of drug-likeness (QED) is 0.520. The van der Waals surface area contributed by atoms with Gasteiger partial charge in [-0.25, -0.2) is 0 Å². The van der Waals surface area contributed by atoms with Crippen molar-refractivity contribution < 1.29 is 33.8 Å². The maximum absolute atomic E-state index is 13.9. The molecule has 0 amide bonds. The van der Waals surface area contributed by atoms with Gasteiger partial charge in [0.05, 0.1) is 12.5 Å². The molecule has 4 aliphatic carbocycles. The maximum atomic E-state index is 13.9. The predicted octanol–water partition coefficient (Wildman–Crippen LogP) is 4.31. The molecule has 1 aromatic carbocycles. The normalized spacial score (nSPS) is 36.7. The van der Waals surface area contributed by atoms with Gasteiger partial charge >= 0.3 is 11.9 Å². The van der Waals surface area contributed by atoms with Crippen molar-refractivity contribution >= 4 is 23.5 Å². The molecular formula is C32H38O7. The van der Waals surface area contributed by atoms with Crippen molar-refractivity contribution in [1.29, 1.82) is 0 Å². The lowest BCUT2D eigenvalue weighted by molar-refractivity contribution is -0.201. The minimum Gasteiger partial charge on any atom is -0.457 e. The summed E-state index contributed by atoms with van der Waals surface area (Å²) in [5.74, 6) is -1.42. The highest BCUT2D eigenvalue weighted by Crippen LogP contribution is 2.67. The molecule has 4 aliphatic rings. The van der Waals surface area contributed by atoms with Gasteiger partial charge < -0.3 is 14.6 Å². The number of allylic oxidation sites excluding steroid dienone is 4. The average Bonchev–Trinajstić information content (AvgIpc) is 3.20. The number of rotatable bonds is 7. The molecule has 1 N–H and O–H groups in total. The van der Waals surface area contributed by atoms with Gasteiger partial charge in [0.15, 0.2) is 18.0 Å². The smallest absolute Gasteiger partial charge is 0.310 e. The van der Waals surface area contributed by atoms with E-state index < -0.39 is 46.9 Å². The Morgan fingerprint density at radius 1 is 1.08 bits per heavy atom. The largest absolute Gasteiger partial charge is 0.457 e. The molecule has 0 heterocycles. The first-order valence-electron chi connectivity index (χ1n) is 14.1. The summed E-state index contributed by atoms with van der Waals surface area (Å²) in [7, 11) is 0. The van der Waals surface area contributed by atoms with Crippen molar-refractivity contribution in [2.45, 2.75) is 77.4 Å². The predicted molar refractivity (Wildman–Crippen MR) is 143 cm³/mol. The van der Waals surface area contributed by atoms with Crippen LogP contribution >= 0.6 is 0 Å². The molecule has 0 aliphatic heterocycles. The molecule has 0 radical (unpaired) electrons. The second kappa shape index (κ2) is 10.2. The van der Waals surface area contributed by atoms with Crippen LogP contribution in [0.15, 0.2) is 54.1 Å². The van der Waals surface area contributed by atoms with Gasteiger partial charge in [0.25, 0.3) is 0 Å². The number of carbonyl (C=O) groups is 4. The molecule has 7 heteroatoms. The molecule has 1 aromatic rings. The summed E-state index contributed by atoms with van der Waals surface area (Å²) in [6.07, 6.45) is 7.49. The Kier molecular flexibility index (Phi) is 7.17. The number of carbonyl (C=O) groups excluding carboxylic acids is 4. The SMILES string of the molecule is CCC(=O)O[C@]1(C(=O)COC(=O)Cc2ccccc2)CC[C@H]2[C@@H]3CCC4=CC(=O)C=C[C@]4(C)[C@H]3C(O)C[C@@]21C. The number of fused-ring (bicyclic) bond motifs is 5. The number of ether oxygens (including phenoxy) is 2. The molecule has 0 spiro atoms. The van der Waals surface area contributed by atoms with Gasteiger partial charge in [-0.15, -0.1) is 0 Å². The Bertz CT molecular complexity index is 1230. The summed E-state index contributed by atoms with van der Waals surface area (Å²) < 4.78 is 11.5. The van der Waals surface area contributed by atoms with Gasteiger partial charge in [0.2, 0.25) is 5.78 Å². The van der Waals surface area contributed by atoms with Crippen LogP contribution in [0.4, 0.5) is 0 Å². The van der Waals surface area contributed by atoms with Gasteiger partial charge in [-0.3, -0.25) is 19.2 Å². The highest BCUT2D eigenvalue weighted by molar-refractivity contribution is 6.01. The Morgan fingerprint density at radius 2 is 1.82 bits per heavy atom. The summed E-state index contributed by atoms with van der Waals surface area (Å²) in [4.78, 5) is 51.3. The molecule has 0 aromatic heterocycles. The number of hydrogen-bond donors (Lipinski definition) is 1. The van der Waals surface area contributed by atoms with E-state index in [9.17, 15) is 24.3 Å². The van der Waals surface area contributed by atoms with Gasteiger partial charge in [-0.1, -0.05) is 62.8 Å². The van der Waals surface area contributed by atoms with E-state index >= 15 is 0 Å². The highest BCUT2D eigenvalue weighted by Gasteiger charge is 2.70. The Labute approximate surface area is 229 Å². The zero-order valence-corrected chi connectivity index (χ0v) is 23.0.